The fourth-order valence-corrected chi connectivity index (χ4v) is 7.61. The van der Waals surface area contributed by atoms with Crippen molar-refractivity contribution < 1.29 is 57.7 Å². The van der Waals surface area contributed by atoms with Gasteiger partial charge in [0.15, 0.2) is 0 Å². The normalized spacial score (nSPS) is 20.2. The Labute approximate surface area is 166 Å². The van der Waals surface area contributed by atoms with Crippen LogP contribution in [0.5, 0.6) is 0 Å². The molecule has 0 fully saturated rings. The Morgan fingerprint density at radius 1 is 0.864 bits per heavy atom. The van der Waals surface area contributed by atoms with Crippen LogP contribution in [0.15, 0.2) is 41.5 Å². The fourth-order valence-electron chi connectivity index (χ4n) is 3.19. The largest absolute Gasteiger partial charge is 1.00 e. The summed E-state index contributed by atoms with van der Waals surface area (Å²) in [5.74, 6) is 0. The van der Waals surface area contributed by atoms with Gasteiger partial charge in [-0.1, -0.05) is 0 Å². The summed E-state index contributed by atoms with van der Waals surface area (Å²) in [6.07, 6.45) is 4.85. The molecule has 22 heavy (non-hydrogen) atoms. The van der Waals surface area contributed by atoms with Gasteiger partial charge in [0.05, 0.1) is 0 Å². The van der Waals surface area contributed by atoms with Gasteiger partial charge in [-0.05, 0) is 0 Å². The Morgan fingerprint density at radius 3 is 1.68 bits per heavy atom. The Bertz CT molecular complexity index is 573. The zero-order valence-corrected chi connectivity index (χ0v) is 18.8. The standard InChI is InChI=1S/C17H23Si.3ClH.Ti/c1-12-7-13(2)10-16(9-12)18(5,6)17-11-14(3)8-15(17)4;;;;/h7-11H,1-6H3;3*1H;/q;;;;+3/p-3. The van der Waals surface area contributed by atoms with Crippen LogP contribution in [0, 0.1) is 13.8 Å². The van der Waals surface area contributed by atoms with Gasteiger partial charge in [0.25, 0.3) is 0 Å². The average molecular weight is 410 g/mol. The fraction of sp³-hybridized carbons (Fsp3) is 0.412. The monoisotopic (exact) mass is 408 g/mol. The molecule has 0 bridgehead atoms. The van der Waals surface area contributed by atoms with Gasteiger partial charge in [-0.3, -0.25) is 0 Å². The molecular weight excluding hydrogens is 386 g/mol. The number of aryl methyl sites for hydroxylation is 2. The first-order valence-electron chi connectivity index (χ1n) is 6.89. The van der Waals surface area contributed by atoms with Crippen molar-refractivity contribution in [2.75, 3.05) is 0 Å². The van der Waals surface area contributed by atoms with E-state index in [-0.39, 0.29) is 40.6 Å². The SMILES string of the molecule is CC1=C[C]([Ti+3])([Si](C)(C)c2cc(C)cc(C)c2)C(C)=C1.[Cl-].[Cl-].[Cl-]. The molecule has 0 heterocycles. The molecule has 5 heteroatoms. The van der Waals surface area contributed by atoms with Gasteiger partial charge in [-0.2, -0.15) is 0 Å². The minimum absolute atomic E-state index is 0. The van der Waals surface area contributed by atoms with E-state index < -0.39 is 8.07 Å². The Morgan fingerprint density at radius 2 is 1.32 bits per heavy atom. The van der Waals surface area contributed by atoms with E-state index >= 15 is 0 Å². The van der Waals surface area contributed by atoms with Crippen molar-refractivity contribution in [2.45, 2.75) is 44.1 Å². The zero-order chi connectivity index (χ0) is 14.4. The molecular formula is C17H23Cl3SiTi. The summed E-state index contributed by atoms with van der Waals surface area (Å²) >= 11 is 2.43. The summed E-state index contributed by atoms with van der Waals surface area (Å²) in [5, 5.41) is 1.58. The Kier molecular flexibility index (Phi) is 9.62. The molecule has 1 unspecified atom stereocenters. The van der Waals surface area contributed by atoms with E-state index in [0.29, 0.717) is 0 Å². The molecule has 0 nitrogen and oxygen atoms in total. The number of halogens is 3. The summed E-state index contributed by atoms with van der Waals surface area (Å²) in [4.78, 5) is 0. The Balaban J connectivity index is 0. The van der Waals surface area contributed by atoms with Crippen LogP contribution in [0.4, 0.5) is 0 Å². The second kappa shape index (κ2) is 8.56. The average Bonchev–Trinajstić information content (AvgIpc) is 2.52. The van der Waals surface area contributed by atoms with Crippen molar-refractivity contribution in [1.29, 1.82) is 0 Å². The first kappa shape index (κ1) is 24.7. The second-order valence-electron chi connectivity index (χ2n) is 6.53. The van der Waals surface area contributed by atoms with Gasteiger partial charge in [0.1, 0.15) is 0 Å². The van der Waals surface area contributed by atoms with Crippen LogP contribution in [-0.2, 0) is 20.4 Å². The van der Waals surface area contributed by atoms with E-state index in [9.17, 15) is 0 Å². The number of hydrogen-bond donors (Lipinski definition) is 0. The van der Waals surface area contributed by atoms with Crippen molar-refractivity contribution in [3.8, 4) is 0 Å². The molecule has 1 aromatic rings. The van der Waals surface area contributed by atoms with E-state index in [1.165, 1.54) is 22.3 Å². The zero-order valence-electron chi connectivity index (χ0n) is 14.0. The molecule has 0 radical (unpaired) electrons. The van der Waals surface area contributed by atoms with E-state index in [1.54, 1.807) is 5.19 Å². The minimum atomic E-state index is -1.58. The quantitative estimate of drug-likeness (QED) is 0.431. The molecule has 0 spiro atoms. The third kappa shape index (κ3) is 4.32. The molecule has 1 aliphatic carbocycles. The van der Waals surface area contributed by atoms with Crippen molar-refractivity contribution in [3.05, 3.63) is 52.6 Å². The third-order valence-corrected chi connectivity index (χ3v) is 12.5. The van der Waals surface area contributed by atoms with Crippen molar-refractivity contribution in [2.24, 2.45) is 0 Å². The maximum absolute atomic E-state index is 2.51. The molecule has 2 rings (SSSR count). The molecule has 120 valence electrons. The minimum Gasteiger partial charge on any atom is -1.00 e. The number of rotatable bonds is 2. The van der Waals surface area contributed by atoms with Crippen LogP contribution in [0.1, 0.15) is 25.0 Å². The topological polar surface area (TPSA) is 0 Å². The molecule has 1 aromatic carbocycles. The van der Waals surface area contributed by atoms with Crippen LogP contribution in [0.2, 0.25) is 16.4 Å². The molecule has 0 N–H and O–H groups in total. The summed E-state index contributed by atoms with van der Waals surface area (Å²) in [6.45, 7) is 14.0. The van der Waals surface area contributed by atoms with Crippen molar-refractivity contribution >= 4 is 13.3 Å². The van der Waals surface area contributed by atoms with Gasteiger partial charge in [-0.15, -0.1) is 0 Å². The molecule has 0 aromatic heterocycles. The van der Waals surface area contributed by atoms with Crippen molar-refractivity contribution in [3.63, 3.8) is 0 Å². The molecule has 1 atom stereocenters. The first-order valence-corrected chi connectivity index (χ1v) is 10.7. The van der Waals surface area contributed by atoms with E-state index in [2.05, 4.69) is 91.6 Å². The van der Waals surface area contributed by atoms with Crippen LogP contribution >= 0.6 is 0 Å². The molecule has 0 saturated heterocycles. The number of hydrogen-bond acceptors (Lipinski definition) is 0. The van der Waals surface area contributed by atoms with E-state index in [0.717, 1.165) is 0 Å². The first-order chi connectivity index (χ1) is 8.66. The van der Waals surface area contributed by atoms with Crippen LogP contribution < -0.4 is 42.4 Å². The van der Waals surface area contributed by atoms with Crippen LogP contribution in [-0.4, -0.2) is 8.07 Å². The van der Waals surface area contributed by atoms with Crippen LogP contribution in [0.3, 0.4) is 0 Å². The summed E-state index contributed by atoms with van der Waals surface area (Å²) in [6, 6.07) is 7.08. The predicted octanol–water partition coefficient (Wildman–Crippen LogP) is -4.62. The third-order valence-electron chi connectivity index (χ3n) is 4.44. The van der Waals surface area contributed by atoms with Gasteiger partial charge in [-0.25, -0.2) is 0 Å². The van der Waals surface area contributed by atoms with Crippen molar-refractivity contribution in [1.82, 2.24) is 0 Å². The molecule has 0 aliphatic heterocycles. The van der Waals surface area contributed by atoms with Gasteiger partial charge < -0.3 is 37.2 Å². The van der Waals surface area contributed by atoms with Crippen LogP contribution in [0.25, 0.3) is 0 Å². The maximum Gasteiger partial charge on any atom is -1.00 e. The summed E-state index contributed by atoms with van der Waals surface area (Å²) in [7, 11) is -1.58. The van der Waals surface area contributed by atoms with Gasteiger partial charge >= 0.3 is 130 Å². The molecule has 1 aliphatic rings. The smallest absolute Gasteiger partial charge is 1.00 e. The molecule has 0 amide bonds. The predicted molar refractivity (Wildman–Crippen MR) is 83.2 cm³/mol. The number of benzene rings is 1. The summed E-state index contributed by atoms with van der Waals surface area (Å²) < 4.78 is 0.247. The Hall–Kier alpha value is 0.501. The summed E-state index contributed by atoms with van der Waals surface area (Å²) in [5.41, 5.74) is 5.73. The number of allylic oxidation sites excluding steroid dienone is 4. The van der Waals surface area contributed by atoms with Gasteiger partial charge in [0, 0.05) is 0 Å². The van der Waals surface area contributed by atoms with E-state index in [4.69, 9.17) is 0 Å². The molecule has 0 saturated carbocycles. The maximum atomic E-state index is 2.51. The van der Waals surface area contributed by atoms with E-state index in [1.807, 2.05) is 0 Å². The second-order valence-corrected chi connectivity index (χ2v) is 13.2. The van der Waals surface area contributed by atoms with Gasteiger partial charge in [0.2, 0.25) is 0 Å².